The largest absolute Gasteiger partial charge is 0.495 e. The molecule has 10 nitrogen and oxygen atoms in total. The molecule has 0 saturated carbocycles. The number of halogens is 2. The van der Waals surface area contributed by atoms with Crippen LogP contribution in [0.15, 0.2) is 65.6 Å². The molecule has 1 N–H and O–H groups in total. The first-order chi connectivity index (χ1) is 21.4. The summed E-state index contributed by atoms with van der Waals surface area (Å²) in [5.74, 6) is -0.767. The molecular formula is C32H39ClFN3O7S. The molecule has 1 atom stereocenters. The van der Waals surface area contributed by atoms with Gasteiger partial charge in [-0.3, -0.25) is 13.9 Å². The highest BCUT2D eigenvalue weighted by atomic mass is 35.5. The van der Waals surface area contributed by atoms with Crippen molar-refractivity contribution in [1.82, 2.24) is 10.2 Å². The van der Waals surface area contributed by atoms with Gasteiger partial charge in [-0.15, -0.1) is 0 Å². The van der Waals surface area contributed by atoms with Crippen LogP contribution in [-0.2, 0) is 26.2 Å². The number of nitrogens with zero attached hydrogens (tertiary/aromatic N) is 2. The van der Waals surface area contributed by atoms with E-state index in [2.05, 4.69) is 5.32 Å². The first kappa shape index (κ1) is 35.4. The van der Waals surface area contributed by atoms with Gasteiger partial charge >= 0.3 is 0 Å². The Morgan fingerprint density at radius 3 is 2.11 bits per heavy atom. The van der Waals surface area contributed by atoms with Gasteiger partial charge < -0.3 is 24.4 Å². The van der Waals surface area contributed by atoms with Crippen LogP contribution in [0.1, 0.15) is 32.8 Å². The average Bonchev–Trinajstić information content (AvgIpc) is 3.02. The van der Waals surface area contributed by atoms with E-state index in [0.29, 0.717) is 17.9 Å². The lowest BCUT2D eigenvalue weighted by Gasteiger charge is -2.33. The molecule has 0 aliphatic heterocycles. The number of ether oxygens (including phenoxy) is 3. The fraction of sp³-hybridized carbons (Fsp3) is 0.375. The van der Waals surface area contributed by atoms with Gasteiger partial charge in [-0.1, -0.05) is 44.5 Å². The summed E-state index contributed by atoms with van der Waals surface area (Å²) in [5.41, 5.74) is 0.557. The molecule has 0 fully saturated rings. The highest BCUT2D eigenvalue weighted by molar-refractivity contribution is 7.92. The minimum Gasteiger partial charge on any atom is -0.495 e. The SMILES string of the molecule is CCC(C(=O)NCC(C)C)N(Cc1ccc(F)cc1)C(=O)CN(c1cc(Cl)ccc1OC)S(=O)(=O)c1ccc(OC)c(OC)c1. The summed E-state index contributed by atoms with van der Waals surface area (Å²) in [6.07, 6.45) is 0.236. The summed E-state index contributed by atoms with van der Waals surface area (Å²) in [6, 6.07) is 13.0. The van der Waals surface area contributed by atoms with E-state index in [1.807, 2.05) is 13.8 Å². The molecule has 3 rings (SSSR count). The van der Waals surface area contributed by atoms with Gasteiger partial charge in [-0.05, 0) is 60.4 Å². The minimum absolute atomic E-state index is 0.00664. The molecule has 244 valence electrons. The predicted molar refractivity (Wildman–Crippen MR) is 171 cm³/mol. The third-order valence-corrected chi connectivity index (χ3v) is 8.96. The van der Waals surface area contributed by atoms with Gasteiger partial charge in [0.2, 0.25) is 11.8 Å². The van der Waals surface area contributed by atoms with Crippen LogP contribution in [0.25, 0.3) is 0 Å². The first-order valence-corrected chi connectivity index (χ1v) is 16.1. The number of carbonyl (C=O) groups is 2. The molecule has 0 bridgehead atoms. The second-order valence-electron chi connectivity index (χ2n) is 10.6. The van der Waals surface area contributed by atoms with E-state index in [9.17, 15) is 22.4 Å². The Hall–Kier alpha value is -4.03. The van der Waals surface area contributed by atoms with Gasteiger partial charge in [0.1, 0.15) is 24.2 Å². The van der Waals surface area contributed by atoms with Crippen molar-refractivity contribution in [2.24, 2.45) is 5.92 Å². The number of anilines is 1. The van der Waals surface area contributed by atoms with Crippen LogP contribution in [0.5, 0.6) is 17.2 Å². The minimum atomic E-state index is -4.48. The molecule has 2 amide bonds. The van der Waals surface area contributed by atoms with Crippen LogP contribution in [-0.4, -0.2) is 65.6 Å². The zero-order chi connectivity index (χ0) is 33.3. The molecule has 0 aliphatic carbocycles. The number of carbonyl (C=O) groups excluding carboxylic acids is 2. The highest BCUT2D eigenvalue weighted by Crippen LogP contribution is 2.37. The van der Waals surface area contributed by atoms with Crippen molar-refractivity contribution in [3.05, 3.63) is 77.1 Å². The standard InChI is InChI=1S/C32H39ClFN3O7S/c1-7-26(32(39)35-18-21(2)3)36(19-22-8-11-24(34)12-9-22)31(38)20-37(27-16-23(33)10-14-28(27)42-4)45(40,41)25-13-15-29(43-5)30(17-25)44-6/h8-17,21,26H,7,18-20H2,1-6H3,(H,35,39). The van der Waals surface area contributed by atoms with Crippen LogP contribution in [0.4, 0.5) is 10.1 Å². The summed E-state index contributed by atoms with van der Waals surface area (Å²) < 4.78 is 59.3. The lowest BCUT2D eigenvalue weighted by molar-refractivity contribution is -0.140. The molecule has 0 aromatic heterocycles. The topological polar surface area (TPSA) is 114 Å². The van der Waals surface area contributed by atoms with Gasteiger partial charge in [0.05, 0.1) is 31.9 Å². The number of benzene rings is 3. The maximum Gasteiger partial charge on any atom is 0.265 e. The van der Waals surface area contributed by atoms with Gasteiger partial charge in [0, 0.05) is 24.2 Å². The fourth-order valence-corrected chi connectivity index (χ4v) is 6.20. The molecular weight excluding hydrogens is 625 g/mol. The predicted octanol–water partition coefficient (Wildman–Crippen LogP) is 5.28. The van der Waals surface area contributed by atoms with Crippen molar-refractivity contribution >= 4 is 39.1 Å². The average molecular weight is 664 g/mol. The van der Waals surface area contributed by atoms with E-state index in [1.165, 1.54) is 86.9 Å². The van der Waals surface area contributed by atoms with Gasteiger partial charge in [-0.2, -0.15) is 0 Å². The van der Waals surface area contributed by atoms with Crippen molar-refractivity contribution in [3.63, 3.8) is 0 Å². The van der Waals surface area contributed by atoms with Crippen molar-refractivity contribution < 1.29 is 36.6 Å². The third-order valence-electron chi connectivity index (χ3n) is 6.97. The van der Waals surface area contributed by atoms with E-state index in [0.717, 1.165) is 4.31 Å². The molecule has 0 spiro atoms. The Bertz CT molecular complexity index is 1590. The van der Waals surface area contributed by atoms with Crippen molar-refractivity contribution in [2.45, 2.75) is 44.7 Å². The summed E-state index contributed by atoms with van der Waals surface area (Å²) in [4.78, 5) is 28.7. The lowest BCUT2D eigenvalue weighted by Crippen LogP contribution is -2.52. The molecule has 0 aliphatic rings. The maximum absolute atomic E-state index is 14.3. The van der Waals surface area contributed by atoms with Crippen LogP contribution in [0, 0.1) is 11.7 Å². The summed E-state index contributed by atoms with van der Waals surface area (Å²) in [5, 5.41) is 3.07. The molecule has 1 unspecified atom stereocenters. The van der Waals surface area contributed by atoms with Crippen molar-refractivity contribution in [3.8, 4) is 17.2 Å². The van der Waals surface area contributed by atoms with Gasteiger partial charge in [0.25, 0.3) is 10.0 Å². The Balaban J connectivity index is 2.16. The molecule has 3 aromatic carbocycles. The van der Waals surface area contributed by atoms with E-state index >= 15 is 0 Å². The third kappa shape index (κ3) is 8.79. The second-order valence-corrected chi connectivity index (χ2v) is 12.9. The quantitative estimate of drug-likeness (QED) is 0.235. The molecule has 0 saturated heterocycles. The van der Waals surface area contributed by atoms with Gasteiger partial charge in [-0.25, -0.2) is 12.8 Å². The fourth-order valence-electron chi connectivity index (χ4n) is 4.60. The number of sulfonamides is 1. The summed E-state index contributed by atoms with van der Waals surface area (Å²) in [6.45, 7) is 5.22. The Kier molecular flexibility index (Phi) is 12.5. The second kappa shape index (κ2) is 15.8. The molecule has 13 heteroatoms. The monoisotopic (exact) mass is 663 g/mol. The first-order valence-electron chi connectivity index (χ1n) is 14.3. The van der Waals surface area contributed by atoms with E-state index in [-0.39, 0.29) is 46.0 Å². The van der Waals surface area contributed by atoms with E-state index in [1.54, 1.807) is 6.92 Å². The lowest BCUT2D eigenvalue weighted by atomic mass is 10.1. The Morgan fingerprint density at radius 1 is 0.911 bits per heavy atom. The number of hydrogen-bond acceptors (Lipinski definition) is 7. The molecule has 45 heavy (non-hydrogen) atoms. The number of amides is 2. The number of methoxy groups -OCH3 is 3. The number of nitrogens with one attached hydrogen (secondary N) is 1. The smallest absolute Gasteiger partial charge is 0.265 e. The Labute approximate surface area is 269 Å². The van der Waals surface area contributed by atoms with Crippen molar-refractivity contribution in [2.75, 3.05) is 38.7 Å². The normalized spacial score (nSPS) is 11.9. The molecule has 3 aromatic rings. The molecule has 0 heterocycles. The highest BCUT2D eigenvalue weighted by Gasteiger charge is 2.35. The number of hydrogen-bond donors (Lipinski definition) is 1. The van der Waals surface area contributed by atoms with Gasteiger partial charge in [0.15, 0.2) is 11.5 Å². The molecule has 0 radical (unpaired) electrons. The zero-order valence-electron chi connectivity index (χ0n) is 26.2. The summed E-state index contributed by atoms with van der Waals surface area (Å²) >= 11 is 6.30. The van der Waals surface area contributed by atoms with Crippen LogP contribution < -0.4 is 23.8 Å². The maximum atomic E-state index is 14.3. The van der Waals surface area contributed by atoms with E-state index in [4.69, 9.17) is 25.8 Å². The number of rotatable bonds is 15. The van der Waals surface area contributed by atoms with E-state index < -0.39 is 40.2 Å². The van der Waals surface area contributed by atoms with Crippen LogP contribution >= 0.6 is 11.6 Å². The van der Waals surface area contributed by atoms with Crippen LogP contribution in [0.3, 0.4) is 0 Å². The summed E-state index contributed by atoms with van der Waals surface area (Å²) in [7, 11) is -0.322. The zero-order valence-corrected chi connectivity index (χ0v) is 27.7. The Morgan fingerprint density at radius 2 is 1.53 bits per heavy atom. The van der Waals surface area contributed by atoms with Crippen LogP contribution in [0.2, 0.25) is 5.02 Å². The van der Waals surface area contributed by atoms with Crippen molar-refractivity contribution in [1.29, 1.82) is 0 Å².